The minimum atomic E-state index is -1.80. The van der Waals surface area contributed by atoms with Gasteiger partial charge in [-0.3, -0.25) is 10.9 Å². The topological polar surface area (TPSA) is 150 Å². The third kappa shape index (κ3) is 6.41. The first-order chi connectivity index (χ1) is 13.5. The molecule has 9 heteroatoms. The molecular formula is C19H24N4O5. The Labute approximate surface area is 162 Å². The highest BCUT2D eigenvalue weighted by atomic mass is 16.4. The lowest BCUT2D eigenvalue weighted by atomic mass is 10.0. The molecule has 7 N–H and O–H groups in total. The van der Waals surface area contributed by atoms with Crippen LogP contribution in [0.2, 0.25) is 0 Å². The number of hydrogen-bond acceptors (Lipinski definition) is 9. The van der Waals surface area contributed by atoms with Gasteiger partial charge in [0.1, 0.15) is 30.1 Å². The minimum absolute atomic E-state index is 0.107. The number of aliphatic hydroxyl groups excluding tert-OH is 5. The van der Waals surface area contributed by atoms with Gasteiger partial charge < -0.3 is 25.5 Å². The number of nitrogens with one attached hydrogen (secondary N) is 2. The van der Waals surface area contributed by atoms with Gasteiger partial charge in [0.15, 0.2) is 0 Å². The van der Waals surface area contributed by atoms with E-state index in [2.05, 4.69) is 21.1 Å². The fourth-order valence-electron chi connectivity index (χ4n) is 2.20. The molecule has 0 saturated heterocycles. The summed E-state index contributed by atoms with van der Waals surface area (Å²) in [5.41, 5.74) is 6.68. The van der Waals surface area contributed by atoms with Gasteiger partial charge in [0, 0.05) is 0 Å². The number of benzene rings is 2. The van der Waals surface area contributed by atoms with E-state index in [1.807, 2.05) is 24.3 Å². The van der Waals surface area contributed by atoms with Crippen molar-refractivity contribution in [3.63, 3.8) is 0 Å². The monoisotopic (exact) mass is 388 g/mol. The maximum Gasteiger partial charge on any atom is 0.128 e. The summed E-state index contributed by atoms with van der Waals surface area (Å²) in [5.74, 6) is 0. The van der Waals surface area contributed by atoms with Crippen molar-refractivity contribution in [1.29, 1.82) is 0 Å². The summed E-state index contributed by atoms with van der Waals surface area (Å²) in [7, 11) is 0. The number of hydrazone groups is 2. The second kappa shape index (κ2) is 11.1. The molecule has 0 unspecified atom stereocenters. The number of nitrogens with zero attached hydrogens (tertiary/aromatic N) is 2. The quantitative estimate of drug-likeness (QED) is 0.223. The second-order valence-electron chi connectivity index (χ2n) is 5.93. The molecule has 0 saturated carbocycles. The van der Waals surface area contributed by atoms with Gasteiger partial charge in [0.05, 0.1) is 24.2 Å². The van der Waals surface area contributed by atoms with Crippen molar-refractivity contribution < 1.29 is 25.5 Å². The zero-order valence-electron chi connectivity index (χ0n) is 15.0. The van der Waals surface area contributed by atoms with Crippen molar-refractivity contribution >= 4 is 23.3 Å². The van der Waals surface area contributed by atoms with Gasteiger partial charge in [-0.05, 0) is 24.3 Å². The molecule has 28 heavy (non-hydrogen) atoms. The van der Waals surface area contributed by atoms with E-state index in [1.165, 1.54) is 6.21 Å². The van der Waals surface area contributed by atoms with E-state index >= 15 is 0 Å². The smallest absolute Gasteiger partial charge is 0.128 e. The summed E-state index contributed by atoms with van der Waals surface area (Å²) in [6, 6.07) is 17.9. The molecule has 0 fully saturated rings. The minimum Gasteiger partial charge on any atom is -0.394 e. The Bertz CT molecular complexity index is 757. The molecule has 0 spiro atoms. The summed E-state index contributed by atoms with van der Waals surface area (Å²) in [6.07, 6.45) is -5.71. The number of hydrogen-bond donors (Lipinski definition) is 7. The zero-order valence-corrected chi connectivity index (χ0v) is 15.0. The van der Waals surface area contributed by atoms with Crippen LogP contribution in [0.25, 0.3) is 0 Å². The lowest BCUT2D eigenvalue weighted by molar-refractivity contribution is -0.100. The predicted octanol–water partition coefficient (Wildman–Crippen LogP) is -0.0117. The van der Waals surface area contributed by atoms with Gasteiger partial charge in [0.2, 0.25) is 0 Å². The van der Waals surface area contributed by atoms with Crippen LogP contribution in [0.15, 0.2) is 70.9 Å². The third-order valence-electron chi connectivity index (χ3n) is 3.81. The van der Waals surface area contributed by atoms with E-state index in [9.17, 15) is 20.4 Å². The van der Waals surface area contributed by atoms with Gasteiger partial charge in [0.25, 0.3) is 0 Å². The van der Waals surface area contributed by atoms with Crippen LogP contribution < -0.4 is 10.9 Å². The normalized spacial score (nSPS) is 16.4. The Morgan fingerprint density at radius 2 is 1.36 bits per heavy atom. The Hall–Kier alpha value is -2.82. The lowest BCUT2D eigenvalue weighted by Gasteiger charge is -2.25. The molecule has 0 aliphatic carbocycles. The van der Waals surface area contributed by atoms with Gasteiger partial charge in [-0.15, -0.1) is 0 Å². The summed E-state index contributed by atoms with van der Waals surface area (Å²) < 4.78 is 0. The van der Waals surface area contributed by atoms with Crippen molar-refractivity contribution in [3.05, 3.63) is 60.7 Å². The van der Waals surface area contributed by atoms with E-state index in [1.54, 1.807) is 36.4 Å². The van der Waals surface area contributed by atoms with Gasteiger partial charge in [-0.1, -0.05) is 36.4 Å². The van der Waals surface area contributed by atoms with Crippen molar-refractivity contribution in [3.8, 4) is 0 Å². The van der Waals surface area contributed by atoms with Crippen LogP contribution in [0, 0.1) is 0 Å². The summed E-state index contributed by atoms with van der Waals surface area (Å²) in [6.45, 7) is -0.774. The molecule has 0 aliphatic heterocycles. The van der Waals surface area contributed by atoms with Crippen molar-refractivity contribution in [2.45, 2.75) is 24.4 Å². The molecule has 2 aromatic carbocycles. The van der Waals surface area contributed by atoms with E-state index in [4.69, 9.17) is 5.11 Å². The molecule has 150 valence electrons. The zero-order chi connectivity index (χ0) is 20.4. The molecule has 0 aliphatic rings. The SMILES string of the molecule is OC[C@@H](O)[C@@H](O)[C@H](O)[C@H](O)C(/C=N/Nc1ccccc1)=N/Nc1ccccc1. The summed E-state index contributed by atoms with van der Waals surface area (Å²) in [4.78, 5) is 0. The molecule has 2 aromatic rings. The van der Waals surface area contributed by atoms with Gasteiger partial charge in [-0.2, -0.15) is 10.2 Å². The van der Waals surface area contributed by atoms with Crippen LogP contribution in [0.1, 0.15) is 0 Å². The fourth-order valence-corrected chi connectivity index (χ4v) is 2.20. The average molecular weight is 388 g/mol. The second-order valence-corrected chi connectivity index (χ2v) is 5.93. The van der Waals surface area contributed by atoms with E-state index in [0.29, 0.717) is 11.4 Å². The maximum absolute atomic E-state index is 10.4. The highest BCUT2D eigenvalue weighted by molar-refractivity contribution is 6.33. The standard InChI is InChI=1S/C19H24N4O5/c24-12-16(25)18(27)19(28)17(26)15(23-22-14-9-5-2-6-10-14)11-20-21-13-7-3-1-4-8-13/h1-11,16-19,21-22,24-28H,12H2/b20-11+,23-15+/t16-,17-,18-,19-/m1/s1. The molecule has 0 amide bonds. The highest BCUT2D eigenvalue weighted by Gasteiger charge is 2.32. The van der Waals surface area contributed by atoms with Crippen LogP contribution in [-0.4, -0.2) is 68.5 Å². The lowest BCUT2D eigenvalue weighted by Crippen LogP contribution is -2.49. The van der Waals surface area contributed by atoms with Gasteiger partial charge >= 0.3 is 0 Å². The number of para-hydroxylation sites is 2. The van der Waals surface area contributed by atoms with Crippen LogP contribution in [0.3, 0.4) is 0 Å². The maximum atomic E-state index is 10.4. The molecule has 2 rings (SSSR count). The van der Waals surface area contributed by atoms with E-state index in [0.717, 1.165) is 0 Å². The predicted molar refractivity (Wildman–Crippen MR) is 107 cm³/mol. The summed E-state index contributed by atoms with van der Waals surface area (Å²) in [5, 5.41) is 56.7. The molecular weight excluding hydrogens is 364 g/mol. The van der Waals surface area contributed by atoms with Crippen molar-refractivity contribution in [2.24, 2.45) is 10.2 Å². The van der Waals surface area contributed by atoms with E-state index < -0.39 is 31.0 Å². The van der Waals surface area contributed by atoms with Crippen LogP contribution in [0.4, 0.5) is 11.4 Å². The first-order valence-corrected chi connectivity index (χ1v) is 8.59. The van der Waals surface area contributed by atoms with Crippen LogP contribution in [0.5, 0.6) is 0 Å². The Kier molecular flexibility index (Phi) is 8.53. The molecule has 0 heterocycles. The van der Waals surface area contributed by atoms with E-state index in [-0.39, 0.29) is 5.71 Å². The summed E-state index contributed by atoms with van der Waals surface area (Å²) >= 11 is 0. The molecule has 0 bridgehead atoms. The Balaban J connectivity index is 2.16. The number of aliphatic hydroxyl groups is 5. The first kappa shape index (κ1) is 21.5. The van der Waals surface area contributed by atoms with Crippen molar-refractivity contribution in [2.75, 3.05) is 17.5 Å². The first-order valence-electron chi connectivity index (χ1n) is 8.59. The molecule has 0 aromatic heterocycles. The van der Waals surface area contributed by atoms with Crippen LogP contribution >= 0.6 is 0 Å². The van der Waals surface area contributed by atoms with Crippen molar-refractivity contribution in [1.82, 2.24) is 0 Å². The average Bonchev–Trinajstić information content (AvgIpc) is 2.75. The largest absolute Gasteiger partial charge is 0.394 e. The third-order valence-corrected chi connectivity index (χ3v) is 3.81. The van der Waals surface area contributed by atoms with Gasteiger partial charge in [-0.25, -0.2) is 0 Å². The highest BCUT2D eigenvalue weighted by Crippen LogP contribution is 2.09. The molecule has 0 radical (unpaired) electrons. The Morgan fingerprint density at radius 3 is 1.89 bits per heavy atom. The fraction of sp³-hybridized carbons (Fsp3) is 0.263. The number of anilines is 2. The molecule has 9 nitrogen and oxygen atoms in total. The van der Waals surface area contributed by atoms with Crippen LogP contribution in [-0.2, 0) is 0 Å². The Morgan fingerprint density at radius 1 is 0.821 bits per heavy atom. The molecule has 4 atom stereocenters. The number of rotatable bonds is 10.